The fraction of sp³-hybridized carbons (Fsp3) is 0.267. The summed E-state index contributed by atoms with van der Waals surface area (Å²) in [5, 5.41) is 2.81. The molecule has 110 valence electrons. The molecule has 0 fully saturated rings. The number of ketones is 1. The van der Waals surface area contributed by atoms with Crippen LogP contribution in [0.5, 0.6) is 0 Å². The highest BCUT2D eigenvalue weighted by Crippen LogP contribution is 2.23. The van der Waals surface area contributed by atoms with Gasteiger partial charge in [0.25, 0.3) is 0 Å². The van der Waals surface area contributed by atoms with E-state index < -0.39 is 5.97 Å². The summed E-state index contributed by atoms with van der Waals surface area (Å²) < 4.78 is 6.81. The van der Waals surface area contributed by atoms with Crippen LogP contribution in [-0.2, 0) is 14.3 Å². The summed E-state index contributed by atoms with van der Waals surface area (Å²) in [5.41, 5.74) is 2.96. The first kappa shape index (κ1) is 15.2. The van der Waals surface area contributed by atoms with Crippen LogP contribution in [0.2, 0.25) is 0 Å². The van der Waals surface area contributed by atoms with Crippen molar-refractivity contribution in [3.63, 3.8) is 0 Å². The van der Waals surface area contributed by atoms with Gasteiger partial charge in [0.2, 0.25) is 0 Å². The highest BCUT2D eigenvalue weighted by Gasteiger charge is 2.10. The minimum Gasteiger partial charge on any atom is -0.455 e. The van der Waals surface area contributed by atoms with Gasteiger partial charge in [0.05, 0.1) is 0 Å². The third-order valence-electron chi connectivity index (χ3n) is 2.90. The Morgan fingerprint density at radius 2 is 2.19 bits per heavy atom. The maximum atomic E-state index is 11.5. The molecule has 0 aliphatic rings. The first-order valence-electron chi connectivity index (χ1n) is 6.42. The van der Waals surface area contributed by atoms with Crippen molar-refractivity contribution in [3.8, 4) is 5.13 Å². The number of carbonyl (C=O) groups is 2. The molecule has 0 radical (unpaired) electrons. The minimum absolute atomic E-state index is 0.182. The van der Waals surface area contributed by atoms with E-state index in [-0.39, 0.29) is 12.4 Å². The third kappa shape index (κ3) is 3.66. The van der Waals surface area contributed by atoms with E-state index in [4.69, 9.17) is 4.74 Å². The van der Waals surface area contributed by atoms with E-state index in [1.54, 1.807) is 23.6 Å². The van der Waals surface area contributed by atoms with E-state index in [9.17, 15) is 9.59 Å². The van der Waals surface area contributed by atoms with Crippen molar-refractivity contribution in [2.24, 2.45) is 0 Å². The van der Waals surface area contributed by atoms with E-state index >= 15 is 0 Å². The summed E-state index contributed by atoms with van der Waals surface area (Å²) in [6.45, 7) is 5.13. The molecule has 0 saturated carbocycles. The summed E-state index contributed by atoms with van der Waals surface area (Å²) in [6, 6.07) is 1.98. The van der Waals surface area contributed by atoms with Crippen LogP contribution in [0.4, 0.5) is 0 Å². The van der Waals surface area contributed by atoms with Gasteiger partial charge in [-0.15, -0.1) is 11.3 Å². The van der Waals surface area contributed by atoms with Crippen molar-refractivity contribution in [2.75, 3.05) is 6.61 Å². The van der Waals surface area contributed by atoms with Crippen molar-refractivity contribution in [1.29, 1.82) is 0 Å². The van der Waals surface area contributed by atoms with E-state index in [1.165, 1.54) is 13.0 Å². The number of Topliss-reactive ketones (excluding diaryl/α,β-unsaturated/α-hetero) is 1. The lowest BCUT2D eigenvalue weighted by molar-refractivity contribution is -0.142. The maximum absolute atomic E-state index is 11.5. The van der Waals surface area contributed by atoms with E-state index in [2.05, 4.69) is 4.98 Å². The predicted octanol–water partition coefficient (Wildman–Crippen LogP) is 2.70. The second kappa shape index (κ2) is 6.49. The number of thiazole rings is 1. The monoisotopic (exact) mass is 304 g/mol. The van der Waals surface area contributed by atoms with Crippen LogP contribution < -0.4 is 0 Å². The fourth-order valence-electron chi connectivity index (χ4n) is 1.96. The quantitative estimate of drug-likeness (QED) is 0.629. The van der Waals surface area contributed by atoms with Crippen LogP contribution in [0.1, 0.15) is 23.9 Å². The number of aryl methyl sites for hydroxylation is 1. The fourth-order valence-corrected chi connectivity index (χ4v) is 2.71. The van der Waals surface area contributed by atoms with Crippen LogP contribution >= 0.6 is 11.3 Å². The predicted molar refractivity (Wildman–Crippen MR) is 81.6 cm³/mol. The number of esters is 1. The number of carbonyl (C=O) groups excluding carboxylic acids is 2. The Hall–Kier alpha value is -2.21. The van der Waals surface area contributed by atoms with Crippen LogP contribution in [0.15, 0.2) is 23.7 Å². The lowest BCUT2D eigenvalue weighted by Gasteiger charge is -2.04. The molecule has 0 N–H and O–H groups in total. The Kier molecular flexibility index (Phi) is 4.70. The summed E-state index contributed by atoms with van der Waals surface area (Å²) in [7, 11) is 0. The molecule has 21 heavy (non-hydrogen) atoms. The average Bonchev–Trinajstić information content (AvgIpc) is 3.02. The molecule has 0 bridgehead atoms. The first-order chi connectivity index (χ1) is 9.99. The summed E-state index contributed by atoms with van der Waals surface area (Å²) in [4.78, 5) is 26.5. The topological polar surface area (TPSA) is 61.2 Å². The van der Waals surface area contributed by atoms with Gasteiger partial charge in [0.15, 0.2) is 10.9 Å². The second-order valence-electron chi connectivity index (χ2n) is 4.62. The lowest BCUT2D eigenvalue weighted by Crippen LogP contribution is -2.08. The van der Waals surface area contributed by atoms with Gasteiger partial charge in [0, 0.05) is 29.0 Å². The molecule has 2 heterocycles. The number of rotatable bonds is 5. The van der Waals surface area contributed by atoms with Gasteiger partial charge >= 0.3 is 5.97 Å². The number of aromatic nitrogens is 2. The number of hydrogen-bond donors (Lipinski definition) is 0. The molecule has 2 rings (SSSR count). The zero-order valence-electron chi connectivity index (χ0n) is 12.1. The molecule has 5 nitrogen and oxygen atoms in total. The molecule has 0 aliphatic carbocycles. The smallest absolute Gasteiger partial charge is 0.331 e. The van der Waals surface area contributed by atoms with Crippen molar-refractivity contribution in [1.82, 2.24) is 9.55 Å². The molecule has 0 saturated heterocycles. The first-order valence-corrected chi connectivity index (χ1v) is 7.30. The third-order valence-corrected chi connectivity index (χ3v) is 3.65. The Labute approximate surface area is 126 Å². The Balaban J connectivity index is 2.17. The van der Waals surface area contributed by atoms with E-state index in [0.29, 0.717) is 0 Å². The number of hydrogen-bond acceptors (Lipinski definition) is 5. The van der Waals surface area contributed by atoms with Crippen molar-refractivity contribution in [2.45, 2.75) is 20.8 Å². The standard InChI is InChI=1S/C15H16N2O3S/c1-10-8-13(4-5-14(19)20-9-11(2)18)12(3)17(10)15-16-6-7-21-15/h4-8H,9H2,1-3H3/b5-4+. The Morgan fingerprint density at radius 3 is 2.81 bits per heavy atom. The average molecular weight is 304 g/mol. The van der Waals surface area contributed by atoms with Crippen molar-refractivity contribution < 1.29 is 14.3 Å². The molecule has 6 heteroatoms. The molecular weight excluding hydrogens is 288 g/mol. The molecule has 0 aliphatic heterocycles. The van der Waals surface area contributed by atoms with Crippen LogP contribution in [-0.4, -0.2) is 27.9 Å². The summed E-state index contributed by atoms with van der Waals surface area (Å²) >= 11 is 1.55. The van der Waals surface area contributed by atoms with Gasteiger partial charge in [-0.2, -0.15) is 0 Å². The lowest BCUT2D eigenvalue weighted by atomic mass is 10.2. The minimum atomic E-state index is -0.524. The molecule has 2 aromatic rings. The Bertz CT molecular complexity index is 684. The molecule has 0 amide bonds. The van der Waals surface area contributed by atoms with Crippen LogP contribution in [0.3, 0.4) is 0 Å². The van der Waals surface area contributed by atoms with Gasteiger partial charge in [-0.05, 0) is 38.5 Å². The van der Waals surface area contributed by atoms with Crippen molar-refractivity contribution >= 4 is 29.2 Å². The Morgan fingerprint density at radius 1 is 1.43 bits per heavy atom. The molecule has 0 atom stereocenters. The molecule has 0 aromatic carbocycles. The van der Waals surface area contributed by atoms with Crippen LogP contribution in [0, 0.1) is 13.8 Å². The number of ether oxygens (including phenoxy) is 1. The largest absolute Gasteiger partial charge is 0.455 e. The van der Waals surface area contributed by atoms with Gasteiger partial charge in [-0.3, -0.25) is 9.36 Å². The molecule has 0 spiro atoms. The van der Waals surface area contributed by atoms with Gasteiger partial charge in [0.1, 0.15) is 6.61 Å². The summed E-state index contributed by atoms with van der Waals surface area (Å²) in [6.07, 6.45) is 4.78. The zero-order chi connectivity index (χ0) is 15.4. The highest BCUT2D eigenvalue weighted by atomic mass is 32.1. The SMILES string of the molecule is CC(=O)COC(=O)/C=C/c1cc(C)n(-c2nccs2)c1C. The van der Waals surface area contributed by atoms with E-state index in [1.807, 2.05) is 29.9 Å². The second-order valence-corrected chi connectivity index (χ2v) is 5.49. The van der Waals surface area contributed by atoms with Crippen LogP contribution in [0.25, 0.3) is 11.2 Å². The zero-order valence-corrected chi connectivity index (χ0v) is 12.9. The molecule has 2 aromatic heterocycles. The van der Waals surface area contributed by atoms with E-state index in [0.717, 1.165) is 22.1 Å². The van der Waals surface area contributed by atoms with Gasteiger partial charge in [-0.25, -0.2) is 9.78 Å². The molecular formula is C15H16N2O3S. The normalized spacial score (nSPS) is 11.0. The van der Waals surface area contributed by atoms with Gasteiger partial charge in [-0.1, -0.05) is 0 Å². The number of nitrogens with zero attached hydrogens (tertiary/aromatic N) is 2. The summed E-state index contributed by atoms with van der Waals surface area (Å²) in [5.74, 6) is -0.706. The van der Waals surface area contributed by atoms with Crippen molar-refractivity contribution in [3.05, 3.63) is 40.7 Å². The maximum Gasteiger partial charge on any atom is 0.331 e. The van der Waals surface area contributed by atoms with Gasteiger partial charge < -0.3 is 4.74 Å². The molecule has 0 unspecified atom stereocenters. The highest BCUT2D eigenvalue weighted by molar-refractivity contribution is 7.12.